The molecule has 2 aromatic carbocycles. The summed E-state index contributed by atoms with van der Waals surface area (Å²) in [6.07, 6.45) is -0.625. The molecular formula is C20H18FN3O5. The largest absolute Gasteiger partial charge is 0.468 e. The summed E-state index contributed by atoms with van der Waals surface area (Å²) in [5, 5.41) is 8.96. The number of hydrogen-bond donors (Lipinski definition) is 2. The van der Waals surface area contributed by atoms with Crippen LogP contribution >= 0.6 is 0 Å². The predicted molar refractivity (Wildman–Crippen MR) is 102 cm³/mol. The lowest BCUT2D eigenvalue weighted by atomic mass is 10.0. The Morgan fingerprint density at radius 1 is 1.21 bits per heavy atom. The summed E-state index contributed by atoms with van der Waals surface area (Å²) in [7, 11) is 1.23. The average molecular weight is 399 g/mol. The quantitative estimate of drug-likeness (QED) is 0.722. The molecule has 2 amide bonds. The normalized spacial score (nSPS) is 15.1. The van der Waals surface area contributed by atoms with Gasteiger partial charge in [0.2, 0.25) is 6.10 Å². The van der Waals surface area contributed by atoms with Gasteiger partial charge in [-0.3, -0.25) is 14.4 Å². The topological polar surface area (TPSA) is 106 Å². The number of nitrogens with one attached hydrogen (secondary N) is 2. The second-order valence-electron chi connectivity index (χ2n) is 6.17. The van der Waals surface area contributed by atoms with E-state index in [1.165, 1.54) is 31.4 Å². The lowest BCUT2D eigenvalue weighted by Gasteiger charge is -2.10. The Morgan fingerprint density at radius 3 is 2.66 bits per heavy atom. The highest BCUT2D eigenvalue weighted by molar-refractivity contribution is 6.06. The van der Waals surface area contributed by atoms with Crippen molar-refractivity contribution in [1.29, 1.82) is 0 Å². The Balaban J connectivity index is 1.53. The van der Waals surface area contributed by atoms with Crippen molar-refractivity contribution in [3.8, 4) is 0 Å². The number of hydrogen-bond acceptors (Lipinski definition) is 6. The number of oxime groups is 1. The van der Waals surface area contributed by atoms with E-state index in [2.05, 4.69) is 20.5 Å². The molecule has 29 heavy (non-hydrogen) atoms. The molecule has 0 aliphatic carbocycles. The lowest BCUT2D eigenvalue weighted by molar-refractivity contribution is -0.139. The molecule has 0 unspecified atom stereocenters. The van der Waals surface area contributed by atoms with Gasteiger partial charge in [-0.25, -0.2) is 4.39 Å². The zero-order valence-corrected chi connectivity index (χ0v) is 15.5. The van der Waals surface area contributed by atoms with Gasteiger partial charge in [0, 0.05) is 23.2 Å². The molecule has 0 bridgehead atoms. The number of rotatable bonds is 6. The van der Waals surface area contributed by atoms with Crippen molar-refractivity contribution >= 4 is 29.2 Å². The van der Waals surface area contributed by atoms with Crippen LogP contribution in [0.2, 0.25) is 0 Å². The minimum atomic E-state index is -0.837. The summed E-state index contributed by atoms with van der Waals surface area (Å²) in [5.41, 5.74) is 1.83. The number of benzene rings is 2. The second kappa shape index (κ2) is 8.96. The maximum atomic E-state index is 13.3. The molecule has 8 nitrogen and oxygen atoms in total. The number of nitrogens with zero attached hydrogens (tertiary/aromatic N) is 1. The van der Waals surface area contributed by atoms with E-state index >= 15 is 0 Å². The molecule has 0 fully saturated rings. The molecule has 2 aromatic rings. The molecular weight excluding hydrogens is 381 g/mol. The van der Waals surface area contributed by atoms with E-state index in [1.54, 1.807) is 24.3 Å². The van der Waals surface area contributed by atoms with Crippen LogP contribution in [0.1, 0.15) is 22.3 Å². The van der Waals surface area contributed by atoms with E-state index in [0.29, 0.717) is 22.5 Å². The molecule has 0 radical (unpaired) electrons. The maximum absolute atomic E-state index is 13.3. The molecule has 1 atom stereocenters. The summed E-state index contributed by atoms with van der Waals surface area (Å²) in [4.78, 5) is 40.5. The summed E-state index contributed by atoms with van der Waals surface area (Å²) in [6, 6.07) is 12.0. The Bertz CT molecular complexity index is 959. The van der Waals surface area contributed by atoms with Crippen LogP contribution in [0.4, 0.5) is 10.1 Å². The van der Waals surface area contributed by atoms with Crippen LogP contribution < -0.4 is 10.6 Å². The highest BCUT2D eigenvalue weighted by Crippen LogP contribution is 2.19. The van der Waals surface area contributed by atoms with Crippen LogP contribution in [-0.4, -0.2) is 43.3 Å². The second-order valence-corrected chi connectivity index (χ2v) is 6.17. The van der Waals surface area contributed by atoms with E-state index in [4.69, 9.17) is 4.84 Å². The maximum Gasteiger partial charge on any atom is 0.325 e. The van der Waals surface area contributed by atoms with Gasteiger partial charge >= 0.3 is 5.97 Å². The van der Waals surface area contributed by atoms with Gasteiger partial charge < -0.3 is 20.2 Å². The number of ether oxygens (including phenoxy) is 1. The van der Waals surface area contributed by atoms with Gasteiger partial charge in [-0.15, -0.1) is 0 Å². The molecule has 3 rings (SSSR count). The van der Waals surface area contributed by atoms with Crippen LogP contribution in [-0.2, 0) is 19.2 Å². The first-order valence-corrected chi connectivity index (χ1v) is 8.71. The standard InChI is InChI=1S/C20H18FN3O5/c1-28-18(25)11-22-19(26)12-5-7-15(8-6-12)23-20(27)17-10-16(24-29-17)13-3-2-4-14(21)9-13/h2-9,17H,10-11H2,1H3,(H,22,26)(H,23,27)/t17-/m0/s1. The smallest absolute Gasteiger partial charge is 0.325 e. The third kappa shape index (κ3) is 5.16. The first-order valence-electron chi connectivity index (χ1n) is 8.71. The molecule has 1 aliphatic heterocycles. The van der Waals surface area contributed by atoms with Gasteiger partial charge in [-0.1, -0.05) is 17.3 Å². The van der Waals surface area contributed by atoms with Crippen LogP contribution in [0.15, 0.2) is 53.7 Å². The third-order valence-electron chi connectivity index (χ3n) is 4.15. The van der Waals surface area contributed by atoms with Crippen molar-refractivity contribution in [2.24, 2.45) is 5.16 Å². The van der Waals surface area contributed by atoms with E-state index in [-0.39, 0.29) is 13.0 Å². The Labute approximate surface area is 165 Å². The molecule has 0 saturated carbocycles. The molecule has 0 aromatic heterocycles. The third-order valence-corrected chi connectivity index (χ3v) is 4.15. The van der Waals surface area contributed by atoms with Crippen molar-refractivity contribution in [3.63, 3.8) is 0 Å². The van der Waals surface area contributed by atoms with Crippen LogP contribution in [0, 0.1) is 5.82 Å². The van der Waals surface area contributed by atoms with Gasteiger partial charge in [-0.05, 0) is 36.4 Å². The fourth-order valence-electron chi connectivity index (χ4n) is 2.61. The summed E-state index contributed by atoms with van der Waals surface area (Å²) >= 11 is 0. The van der Waals surface area contributed by atoms with Crippen LogP contribution in [0.25, 0.3) is 0 Å². The lowest BCUT2D eigenvalue weighted by Crippen LogP contribution is -2.30. The minimum absolute atomic E-state index is 0.212. The van der Waals surface area contributed by atoms with Gasteiger partial charge in [-0.2, -0.15) is 0 Å². The average Bonchev–Trinajstić information content (AvgIpc) is 3.23. The Morgan fingerprint density at radius 2 is 1.97 bits per heavy atom. The van der Waals surface area contributed by atoms with Gasteiger partial charge in [0.05, 0.1) is 12.8 Å². The van der Waals surface area contributed by atoms with Gasteiger partial charge in [0.1, 0.15) is 12.4 Å². The number of carbonyl (C=O) groups is 3. The zero-order valence-electron chi connectivity index (χ0n) is 15.5. The fraction of sp³-hybridized carbons (Fsp3) is 0.200. The van der Waals surface area contributed by atoms with Crippen molar-refractivity contribution in [2.45, 2.75) is 12.5 Å². The number of amides is 2. The Hall–Kier alpha value is -3.75. The van der Waals surface area contributed by atoms with Crippen molar-refractivity contribution in [3.05, 3.63) is 65.5 Å². The molecule has 150 valence electrons. The van der Waals surface area contributed by atoms with Crippen LogP contribution in [0.5, 0.6) is 0 Å². The minimum Gasteiger partial charge on any atom is -0.468 e. The van der Waals surface area contributed by atoms with Crippen molar-refractivity contribution in [2.75, 3.05) is 19.0 Å². The summed E-state index contributed by atoms with van der Waals surface area (Å²) in [6.45, 7) is -0.236. The number of anilines is 1. The first kappa shape index (κ1) is 20.0. The van der Waals surface area contributed by atoms with E-state index in [0.717, 1.165) is 0 Å². The highest BCUT2D eigenvalue weighted by Gasteiger charge is 2.29. The van der Waals surface area contributed by atoms with E-state index in [9.17, 15) is 18.8 Å². The van der Waals surface area contributed by atoms with E-state index in [1.807, 2.05) is 0 Å². The van der Waals surface area contributed by atoms with Crippen LogP contribution in [0.3, 0.4) is 0 Å². The van der Waals surface area contributed by atoms with Crippen molar-refractivity contribution < 1.29 is 28.3 Å². The summed E-state index contributed by atoms with van der Waals surface area (Å²) in [5.74, 6) is -1.81. The number of halogens is 1. The monoisotopic (exact) mass is 399 g/mol. The zero-order chi connectivity index (χ0) is 20.8. The summed E-state index contributed by atoms with van der Waals surface area (Å²) < 4.78 is 17.8. The van der Waals surface area contributed by atoms with Crippen molar-refractivity contribution in [1.82, 2.24) is 5.32 Å². The predicted octanol–water partition coefficient (Wildman–Crippen LogP) is 1.86. The molecule has 1 heterocycles. The molecule has 2 N–H and O–H groups in total. The number of carbonyl (C=O) groups excluding carboxylic acids is 3. The highest BCUT2D eigenvalue weighted by atomic mass is 19.1. The van der Waals surface area contributed by atoms with Gasteiger partial charge in [0.25, 0.3) is 11.8 Å². The fourth-order valence-corrected chi connectivity index (χ4v) is 2.61. The molecule has 0 spiro atoms. The molecule has 9 heteroatoms. The Kier molecular flexibility index (Phi) is 6.18. The SMILES string of the molecule is COC(=O)CNC(=O)c1ccc(NC(=O)[C@@H]2CC(c3cccc(F)c3)=NO2)cc1. The molecule has 0 saturated heterocycles. The van der Waals surface area contributed by atoms with Gasteiger partial charge in [0.15, 0.2) is 0 Å². The first-order chi connectivity index (χ1) is 14.0. The van der Waals surface area contributed by atoms with E-state index < -0.39 is 29.7 Å². The number of methoxy groups -OCH3 is 1. The number of esters is 1. The molecule has 1 aliphatic rings.